The van der Waals surface area contributed by atoms with Gasteiger partial charge in [0.2, 0.25) is 0 Å². The molecule has 0 unspecified atom stereocenters. The van der Waals surface area contributed by atoms with E-state index in [0.29, 0.717) is 11.3 Å². The highest BCUT2D eigenvalue weighted by Gasteiger charge is 2.12. The largest absolute Gasteiger partial charge is 0.508 e. The van der Waals surface area contributed by atoms with E-state index in [1.807, 2.05) is 0 Å². The van der Waals surface area contributed by atoms with Gasteiger partial charge in [-0.25, -0.2) is 4.39 Å². The molecule has 0 fully saturated rings. The number of nitrogen functional groups attached to an aromatic ring is 1. The molecule has 2 rings (SSSR count). The summed E-state index contributed by atoms with van der Waals surface area (Å²) in [4.78, 5) is 11.9. The number of hydrogen-bond acceptors (Lipinski definition) is 3. The van der Waals surface area contributed by atoms with Crippen LogP contribution in [0.15, 0.2) is 36.4 Å². The molecule has 0 aromatic heterocycles. The molecule has 0 saturated carbocycles. The van der Waals surface area contributed by atoms with Crippen LogP contribution in [0.1, 0.15) is 21.5 Å². The summed E-state index contributed by atoms with van der Waals surface area (Å²) >= 11 is 0. The lowest BCUT2D eigenvalue weighted by Crippen LogP contribution is -2.24. The summed E-state index contributed by atoms with van der Waals surface area (Å²) in [7, 11) is 0. The summed E-state index contributed by atoms with van der Waals surface area (Å²) in [5.74, 6) is -1.08. The minimum absolute atomic E-state index is 0.0200. The maximum atomic E-state index is 13.6. The number of carbonyl (C=O) groups excluding carboxylic acids is 1. The third kappa shape index (κ3) is 3.06. The zero-order valence-electron chi connectivity index (χ0n) is 11.0. The number of phenolic OH excluding ortho intramolecular Hbond substituents is 1. The zero-order valence-corrected chi connectivity index (χ0v) is 11.0. The number of nitrogens with one attached hydrogen (secondary N) is 1. The van der Waals surface area contributed by atoms with Gasteiger partial charge in [-0.1, -0.05) is 11.6 Å². The molecule has 0 heterocycles. The topological polar surface area (TPSA) is 75.4 Å². The van der Waals surface area contributed by atoms with Crippen molar-refractivity contribution < 1.29 is 14.3 Å². The second-order valence-electron chi connectivity index (χ2n) is 4.55. The molecular formula is C15H15FN2O2. The average molecular weight is 274 g/mol. The fourth-order valence-corrected chi connectivity index (χ4v) is 1.83. The summed E-state index contributed by atoms with van der Waals surface area (Å²) in [6, 6.07) is 8.88. The Morgan fingerprint density at radius 3 is 2.80 bits per heavy atom. The van der Waals surface area contributed by atoms with Crippen molar-refractivity contribution in [1.82, 2.24) is 5.32 Å². The Balaban J connectivity index is 2.12. The van der Waals surface area contributed by atoms with Gasteiger partial charge in [-0.2, -0.15) is 0 Å². The van der Waals surface area contributed by atoms with Crippen molar-refractivity contribution in [3.63, 3.8) is 0 Å². The van der Waals surface area contributed by atoms with Gasteiger partial charge in [0.15, 0.2) is 0 Å². The van der Waals surface area contributed by atoms with E-state index < -0.39 is 11.7 Å². The molecule has 0 aliphatic carbocycles. The van der Waals surface area contributed by atoms with Crippen LogP contribution in [0.2, 0.25) is 0 Å². The summed E-state index contributed by atoms with van der Waals surface area (Å²) in [6.45, 7) is 1.85. The number of halogens is 1. The van der Waals surface area contributed by atoms with E-state index in [1.165, 1.54) is 18.2 Å². The Morgan fingerprint density at radius 2 is 2.05 bits per heavy atom. The molecule has 2 aromatic rings. The Hall–Kier alpha value is -2.56. The van der Waals surface area contributed by atoms with Crippen molar-refractivity contribution >= 4 is 11.6 Å². The van der Waals surface area contributed by atoms with E-state index in [4.69, 9.17) is 5.73 Å². The monoisotopic (exact) mass is 274 g/mol. The van der Waals surface area contributed by atoms with E-state index >= 15 is 0 Å². The van der Waals surface area contributed by atoms with E-state index in [1.54, 1.807) is 25.1 Å². The van der Waals surface area contributed by atoms with Crippen LogP contribution in [0, 0.1) is 12.7 Å². The van der Waals surface area contributed by atoms with Gasteiger partial charge in [-0.3, -0.25) is 4.79 Å². The van der Waals surface area contributed by atoms with E-state index in [0.717, 1.165) is 5.56 Å². The van der Waals surface area contributed by atoms with Crippen LogP contribution < -0.4 is 11.1 Å². The summed E-state index contributed by atoms with van der Waals surface area (Å²) in [5, 5.41) is 12.2. The number of nitrogens with two attached hydrogens (primary N) is 1. The minimum Gasteiger partial charge on any atom is -0.508 e. The van der Waals surface area contributed by atoms with E-state index in [-0.39, 0.29) is 17.9 Å². The fourth-order valence-electron chi connectivity index (χ4n) is 1.83. The molecule has 20 heavy (non-hydrogen) atoms. The SMILES string of the molecule is Cc1ccc(F)c(C(=O)NCc2cc(N)ccc2O)c1. The first-order chi connectivity index (χ1) is 9.47. The van der Waals surface area contributed by atoms with Gasteiger partial charge in [0.25, 0.3) is 5.91 Å². The normalized spacial score (nSPS) is 10.3. The van der Waals surface area contributed by atoms with Crippen LogP contribution in [0.5, 0.6) is 5.75 Å². The van der Waals surface area contributed by atoms with Crippen molar-refractivity contribution in [3.8, 4) is 5.75 Å². The second-order valence-corrected chi connectivity index (χ2v) is 4.55. The molecule has 0 saturated heterocycles. The lowest BCUT2D eigenvalue weighted by molar-refractivity contribution is 0.0946. The lowest BCUT2D eigenvalue weighted by atomic mass is 10.1. The second kappa shape index (κ2) is 5.61. The quantitative estimate of drug-likeness (QED) is 0.594. The molecule has 1 amide bonds. The third-order valence-corrected chi connectivity index (χ3v) is 2.91. The highest BCUT2D eigenvalue weighted by Crippen LogP contribution is 2.19. The molecule has 0 atom stereocenters. The van der Waals surface area contributed by atoms with Crippen molar-refractivity contribution in [2.75, 3.05) is 5.73 Å². The molecule has 0 aliphatic heterocycles. The Morgan fingerprint density at radius 1 is 1.30 bits per heavy atom. The predicted octanol–water partition coefficient (Wildman–Crippen LogP) is 2.35. The molecule has 0 aliphatic rings. The number of amides is 1. The minimum atomic E-state index is -0.579. The van der Waals surface area contributed by atoms with Gasteiger partial charge in [-0.05, 0) is 37.3 Å². The standard InChI is InChI=1S/C15H15FN2O2/c1-9-2-4-13(16)12(6-9)15(20)18-8-10-7-11(17)3-5-14(10)19/h2-7,19H,8,17H2,1H3,(H,18,20). The predicted molar refractivity (Wildman–Crippen MR) is 74.8 cm³/mol. The van der Waals surface area contributed by atoms with Gasteiger partial charge in [0.05, 0.1) is 5.56 Å². The first kappa shape index (κ1) is 13.9. The van der Waals surface area contributed by atoms with Crippen LogP contribution in [-0.2, 0) is 6.54 Å². The molecule has 0 bridgehead atoms. The lowest BCUT2D eigenvalue weighted by Gasteiger charge is -2.09. The number of anilines is 1. The molecule has 0 spiro atoms. The summed E-state index contributed by atoms with van der Waals surface area (Å²) < 4.78 is 13.6. The maximum absolute atomic E-state index is 13.6. The van der Waals surface area contributed by atoms with Gasteiger partial charge in [0.1, 0.15) is 11.6 Å². The van der Waals surface area contributed by atoms with Gasteiger partial charge >= 0.3 is 0 Å². The number of aryl methyl sites for hydroxylation is 1. The number of hydrogen-bond donors (Lipinski definition) is 3. The summed E-state index contributed by atoms with van der Waals surface area (Å²) in [5.41, 5.74) is 7.34. The van der Waals surface area contributed by atoms with Crippen LogP contribution in [0.3, 0.4) is 0 Å². The van der Waals surface area contributed by atoms with Crippen molar-refractivity contribution in [3.05, 3.63) is 58.9 Å². The van der Waals surface area contributed by atoms with Crippen molar-refractivity contribution in [1.29, 1.82) is 0 Å². The molecule has 4 nitrogen and oxygen atoms in total. The Bertz CT molecular complexity index is 656. The van der Waals surface area contributed by atoms with Gasteiger partial charge < -0.3 is 16.2 Å². The maximum Gasteiger partial charge on any atom is 0.254 e. The first-order valence-corrected chi connectivity index (χ1v) is 6.09. The Labute approximate surface area is 116 Å². The van der Waals surface area contributed by atoms with Crippen molar-refractivity contribution in [2.24, 2.45) is 0 Å². The Kier molecular flexibility index (Phi) is 3.89. The van der Waals surface area contributed by atoms with Gasteiger partial charge in [0, 0.05) is 17.8 Å². The molecule has 2 aromatic carbocycles. The van der Waals surface area contributed by atoms with Gasteiger partial charge in [-0.15, -0.1) is 0 Å². The van der Waals surface area contributed by atoms with Crippen LogP contribution >= 0.6 is 0 Å². The smallest absolute Gasteiger partial charge is 0.254 e. The first-order valence-electron chi connectivity index (χ1n) is 6.09. The number of rotatable bonds is 3. The van der Waals surface area contributed by atoms with E-state index in [2.05, 4.69) is 5.32 Å². The van der Waals surface area contributed by atoms with E-state index in [9.17, 15) is 14.3 Å². The van der Waals surface area contributed by atoms with Crippen LogP contribution in [0.4, 0.5) is 10.1 Å². The number of benzene rings is 2. The number of carbonyl (C=O) groups is 1. The zero-order chi connectivity index (χ0) is 14.7. The molecule has 5 heteroatoms. The molecule has 104 valence electrons. The summed E-state index contributed by atoms with van der Waals surface area (Å²) in [6.07, 6.45) is 0. The highest BCUT2D eigenvalue weighted by molar-refractivity contribution is 5.94. The van der Waals surface area contributed by atoms with Crippen LogP contribution in [0.25, 0.3) is 0 Å². The third-order valence-electron chi connectivity index (χ3n) is 2.91. The molecule has 4 N–H and O–H groups in total. The average Bonchev–Trinajstić information content (AvgIpc) is 2.42. The fraction of sp³-hybridized carbons (Fsp3) is 0.133. The number of aromatic hydroxyl groups is 1. The molecular weight excluding hydrogens is 259 g/mol. The molecule has 0 radical (unpaired) electrons. The number of phenols is 1. The van der Waals surface area contributed by atoms with Crippen LogP contribution in [-0.4, -0.2) is 11.0 Å². The highest BCUT2D eigenvalue weighted by atomic mass is 19.1. The van der Waals surface area contributed by atoms with Crippen molar-refractivity contribution in [2.45, 2.75) is 13.5 Å².